The van der Waals surface area contributed by atoms with Crippen LogP contribution in [0.3, 0.4) is 0 Å². The Morgan fingerprint density at radius 2 is 1.75 bits per heavy atom. The molecule has 0 aromatic heterocycles. The molecular formula is C13H27NO2. The molecule has 3 nitrogen and oxygen atoms in total. The van der Waals surface area contributed by atoms with Gasteiger partial charge in [0.1, 0.15) is 0 Å². The Morgan fingerprint density at radius 1 is 1.06 bits per heavy atom. The van der Waals surface area contributed by atoms with E-state index in [-0.39, 0.29) is 5.60 Å². The Hall–Kier alpha value is -0.120. The van der Waals surface area contributed by atoms with E-state index in [4.69, 9.17) is 9.47 Å². The molecule has 1 aliphatic carbocycles. The largest absolute Gasteiger partial charge is 0.385 e. The molecule has 0 spiro atoms. The van der Waals surface area contributed by atoms with Gasteiger partial charge in [-0.05, 0) is 26.3 Å². The molecule has 1 rings (SSSR count). The maximum absolute atomic E-state index is 6.15. The summed E-state index contributed by atoms with van der Waals surface area (Å²) in [5.74, 6) is 0. The second-order valence-electron chi connectivity index (χ2n) is 4.82. The molecule has 0 aromatic rings. The number of hydrogen-bond acceptors (Lipinski definition) is 3. The van der Waals surface area contributed by atoms with Gasteiger partial charge in [-0.1, -0.05) is 25.7 Å². The van der Waals surface area contributed by atoms with Crippen LogP contribution in [-0.2, 0) is 9.47 Å². The van der Waals surface area contributed by atoms with Crippen molar-refractivity contribution in [3.63, 3.8) is 0 Å². The summed E-state index contributed by atoms with van der Waals surface area (Å²) in [4.78, 5) is 0. The van der Waals surface area contributed by atoms with E-state index in [1.807, 2.05) is 7.05 Å². The fourth-order valence-corrected chi connectivity index (χ4v) is 2.56. The summed E-state index contributed by atoms with van der Waals surface area (Å²) in [7, 11) is 3.76. The highest BCUT2D eigenvalue weighted by Crippen LogP contribution is 2.30. The highest BCUT2D eigenvalue weighted by molar-refractivity contribution is 4.85. The minimum Gasteiger partial charge on any atom is -0.385 e. The average molecular weight is 229 g/mol. The van der Waals surface area contributed by atoms with E-state index in [0.29, 0.717) is 0 Å². The first-order valence-corrected chi connectivity index (χ1v) is 6.60. The Balaban J connectivity index is 2.36. The lowest BCUT2D eigenvalue weighted by molar-refractivity contribution is -0.0588. The number of likely N-dealkylation sites (N-methyl/N-ethyl adjacent to an activating group) is 1. The first-order valence-electron chi connectivity index (χ1n) is 6.60. The minimum absolute atomic E-state index is 0.0962. The second kappa shape index (κ2) is 8.04. The maximum atomic E-state index is 6.15. The summed E-state index contributed by atoms with van der Waals surface area (Å²) in [6.45, 7) is 2.62. The number of rotatable bonds is 7. The number of methoxy groups -OCH3 is 1. The van der Waals surface area contributed by atoms with Gasteiger partial charge in [0.05, 0.1) is 5.60 Å². The molecule has 3 heteroatoms. The SMILES string of the molecule is CNCC1(OCCCOC)CCCCCC1. The molecule has 0 unspecified atom stereocenters. The van der Waals surface area contributed by atoms with E-state index in [1.165, 1.54) is 38.5 Å². The van der Waals surface area contributed by atoms with Crippen molar-refractivity contribution in [1.29, 1.82) is 0 Å². The summed E-state index contributed by atoms with van der Waals surface area (Å²) in [6.07, 6.45) is 8.78. The first kappa shape index (κ1) is 13.9. The number of hydrogen-bond donors (Lipinski definition) is 1. The lowest BCUT2D eigenvalue weighted by atomic mass is 9.94. The van der Waals surface area contributed by atoms with E-state index < -0.39 is 0 Å². The van der Waals surface area contributed by atoms with E-state index >= 15 is 0 Å². The molecule has 0 aliphatic heterocycles. The lowest BCUT2D eigenvalue weighted by Crippen LogP contribution is -2.42. The summed E-state index contributed by atoms with van der Waals surface area (Å²) >= 11 is 0. The fraction of sp³-hybridized carbons (Fsp3) is 1.00. The van der Waals surface area contributed by atoms with Crippen molar-refractivity contribution in [2.75, 3.05) is 33.9 Å². The minimum atomic E-state index is 0.0962. The molecule has 0 atom stereocenters. The highest BCUT2D eigenvalue weighted by Gasteiger charge is 2.30. The average Bonchev–Trinajstić information content (AvgIpc) is 2.51. The second-order valence-corrected chi connectivity index (χ2v) is 4.82. The van der Waals surface area contributed by atoms with Gasteiger partial charge in [0, 0.05) is 26.9 Å². The Morgan fingerprint density at radius 3 is 2.31 bits per heavy atom. The van der Waals surface area contributed by atoms with Gasteiger partial charge in [-0.3, -0.25) is 0 Å². The van der Waals surface area contributed by atoms with Gasteiger partial charge in [0.25, 0.3) is 0 Å². The van der Waals surface area contributed by atoms with Crippen LogP contribution in [0, 0.1) is 0 Å². The predicted molar refractivity (Wildman–Crippen MR) is 66.8 cm³/mol. The normalized spacial score (nSPS) is 20.6. The molecule has 16 heavy (non-hydrogen) atoms. The van der Waals surface area contributed by atoms with Crippen molar-refractivity contribution in [3.05, 3.63) is 0 Å². The van der Waals surface area contributed by atoms with Crippen molar-refractivity contribution < 1.29 is 9.47 Å². The summed E-state index contributed by atoms with van der Waals surface area (Å²) < 4.78 is 11.2. The first-order chi connectivity index (χ1) is 7.83. The molecule has 1 fully saturated rings. The van der Waals surface area contributed by atoms with Crippen molar-refractivity contribution in [1.82, 2.24) is 5.32 Å². The molecule has 0 amide bonds. The van der Waals surface area contributed by atoms with Crippen LogP contribution < -0.4 is 5.32 Å². The van der Waals surface area contributed by atoms with E-state index in [2.05, 4.69) is 5.32 Å². The van der Waals surface area contributed by atoms with Crippen LogP contribution in [0.5, 0.6) is 0 Å². The molecule has 0 bridgehead atoms. The van der Waals surface area contributed by atoms with Gasteiger partial charge in [0.2, 0.25) is 0 Å². The zero-order valence-electron chi connectivity index (χ0n) is 10.9. The smallest absolute Gasteiger partial charge is 0.0806 e. The van der Waals surface area contributed by atoms with Crippen molar-refractivity contribution >= 4 is 0 Å². The fourth-order valence-electron chi connectivity index (χ4n) is 2.56. The molecule has 1 saturated carbocycles. The monoisotopic (exact) mass is 229 g/mol. The summed E-state index contributed by atoms with van der Waals surface area (Å²) in [6, 6.07) is 0. The Kier molecular flexibility index (Phi) is 7.01. The zero-order valence-corrected chi connectivity index (χ0v) is 10.9. The standard InChI is InChI=1S/C13H27NO2/c1-14-12-13(16-11-7-10-15-2)8-5-3-4-6-9-13/h14H,3-12H2,1-2H3. The molecule has 1 N–H and O–H groups in total. The summed E-state index contributed by atoms with van der Waals surface area (Å²) in [5, 5.41) is 3.29. The van der Waals surface area contributed by atoms with Crippen LogP contribution in [0.15, 0.2) is 0 Å². The molecular weight excluding hydrogens is 202 g/mol. The van der Waals surface area contributed by atoms with Crippen LogP contribution in [0.25, 0.3) is 0 Å². The van der Waals surface area contributed by atoms with Gasteiger partial charge in [0.15, 0.2) is 0 Å². The predicted octanol–water partition coefficient (Wildman–Crippen LogP) is 2.35. The van der Waals surface area contributed by atoms with Gasteiger partial charge in [-0.15, -0.1) is 0 Å². The third-order valence-electron chi connectivity index (χ3n) is 3.41. The number of nitrogens with one attached hydrogen (secondary N) is 1. The van der Waals surface area contributed by atoms with Gasteiger partial charge < -0.3 is 14.8 Å². The quantitative estimate of drug-likeness (QED) is 0.537. The van der Waals surface area contributed by atoms with Gasteiger partial charge in [-0.2, -0.15) is 0 Å². The Bertz CT molecular complexity index is 165. The van der Waals surface area contributed by atoms with Crippen molar-refractivity contribution in [2.45, 2.75) is 50.5 Å². The highest BCUT2D eigenvalue weighted by atomic mass is 16.5. The maximum Gasteiger partial charge on any atom is 0.0806 e. The topological polar surface area (TPSA) is 30.5 Å². The Labute approximate surface area is 99.9 Å². The van der Waals surface area contributed by atoms with Crippen LogP contribution in [0.1, 0.15) is 44.9 Å². The summed E-state index contributed by atoms with van der Waals surface area (Å²) in [5.41, 5.74) is 0.0962. The molecule has 0 aromatic carbocycles. The van der Waals surface area contributed by atoms with E-state index in [0.717, 1.165) is 26.2 Å². The third kappa shape index (κ3) is 4.81. The molecule has 96 valence electrons. The molecule has 0 heterocycles. The van der Waals surface area contributed by atoms with Crippen LogP contribution in [0.2, 0.25) is 0 Å². The van der Waals surface area contributed by atoms with Crippen molar-refractivity contribution in [2.24, 2.45) is 0 Å². The van der Waals surface area contributed by atoms with Crippen LogP contribution in [0.4, 0.5) is 0 Å². The van der Waals surface area contributed by atoms with E-state index in [1.54, 1.807) is 7.11 Å². The zero-order chi connectivity index (χ0) is 11.7. The molecule has 0 radical (unpaired) electrons. The number of ether oxygens (including phenoxy) is 2. The van der Waals surface area contributed by atoms with Crippen molar-refractivity contribution in [3.8, 4) is 0 Å². The van der Waals surface area contributed by atoms with Gasteiger partial charge in [-0.25, -0.2) is 0 Å². The molecule has 1 aliphatic rings. The lowest BCUT2D eigenvalue weighted by Gasteiger charge is -2.33. The van der Waals surface area contributed by atoms with Crippen LogP contribution >= 0.6 is 0 Å². The molecule has 0 saturated heterocycles. The van der Waals surface area contributed by atoms with E-state index in [9.17, 15) is 0 Å². The van der Waals surface area contributed by atoms with Crippen LogP contribution in [-0.4, -0.2) is 39.5 Å². The third-order valence-corrected chi connectivity index (χ3v) is 3.41. The van der Waals surface area contributed by atoms with Gasteiger partial charge >= 0.3 is 0 Å².